The highest BCUT2D eigenvalue weighted by molar-refractivity contribution is 5.81. The minimum Gasteiger partial charge on any atom is -0.0696 e. The average molecular weight is 200 g/mol. The van der Waals surface area contributed by atoms with Gasteiger partial charge in [0.15, 0.2) is 0 Å². The first kappa shape index (κ1) is 13.5. The summed E-state index contributed by atoms with van der Waals surface area (Å²) in [5.41, 5.74) is 1.29. The van der Waals surface area contributed by atoms with Crippen LogP contribution in [0.4, 0.5) is 0 Å². The molecule has 0 N–H and O–H groups in total. The Hall–Kier alpha value is -1.48. The number of hydrogen-bond acceptors (Lipinski definition) is 0. The van der Waals surface area contributed by atoms with Crippen molar-refractivity contribution < 1.29 is 0 Å². The fourth-order valence-electron chi connectivity index (χ4n) is 1.18. The lowest BCUT2D eigenvalue weighted by Gasteiger charge is -1.93. The number of rotatable bonds is 0. The van der Waals surface area contributed by atoms with Crippen LogP contribution in [0, 0.1) is 19.1 Å². The Kier molecular flexibility index (Phi) is 7.10. The predicted molar refractivity (Wildman–Crippen MR) is 69.1 cm³/mol. The molecule has 80 valence electrons. The van der Waals surface area contributed by atoms with Crippen molar-refractivity contribution in [3.05, 3.63) is 48.0 Å². The molecule has 0 bridgehead atoms. The zero-order valence-electron chi connectivity index (χ0n) is 10.4. The molecular formula is C15H20. The van der Waals surface area contributed by atoms with Gasteiger partial charge in [-0.15, -0.1) is 0 Å². The largest absolute Gasteiger partial charge is 0.0696 e. The van der Waals surface area contributed by atoms with Gasteiger partial charge in [0.2, 0.25) is 0 Å². The second kappa shape index (κ2) is 7.88. The lowest BCUT2D eigenvalue weighted by atomic mass is 10.1. The van der Waals surface area contributed by atoms with Crippen LogP contribution >= 0.6 is 0 Å². The SMILES string of the molecule is CC.CC.Cc1ccc2c#cccc2c1. The van der Waals surface area contributed by atoms with E-state index in [0.29, 0.717) is 0 Å². The van der Waals surface area contributed by atoms with Gasteiger partial charge in [0.25, 0.3) is 0 Å². The van der Waals surface area contributed by atoms with Gasteiger partial charge in [0.1, 0.15) is 0 Å². The lowest BCUT2D eigenvalue weighted by molar-refractivity contribution is 1.50. The zero-order chi connectivity index (χ0) is 11.7. The van der Waals surface area contributed by atoms with Gasteiger partial charge in [-0.25, -0.2) is 0 Å². The maximum absolute atomic E-state index is 3.05. The van der Waals surface area contributed by atoms with Gasteiger partial charge < -0.3 is 0 Å². The molecule has 0 saturated heterocycles. The first-order valence-electron chi connectivity index (χ1n) is 5.65. The van der Waals surface area contributed by atoms with E-state index in [4.69, 9.17) is 0 Å². The van der Waals surface area contributed by atoms with E-state index in [1.54, 1.807) is 0 Å². The number of fused-ring (bicyclic) bond motifs is 1. The third kappa shape index (κ3) is 4.04. The molecule has 0 amide bonds. The van der Waals surface area contributed by atoms with Gasteiger partial charge in [-0.05, 0) is 30.5 Å². The van der Waals surface area contributed by atoms with E-state index in [1.807, 2.05) is 33.8 Å². The van der Waals surface area contributed by atoms with E-state index in [-0.39, 0.29) is 0 Å². The van der Waals surface area contributed by atoms with Crippen molar-refractivity contribution in [2.45, 2.75) is 34.6 Å². The van der Waals surface area contributed by atoms with E-state index < -0.39 is 0 Å². The molecule has 0 heterocycles. The highest BCUT2D eigenvalue weighted by Crippen LogP contribution is 2.11. The molecule has 0 nitrogen and oxygen atoms in total. The van der Waals surface area contributed by atoms with Crippen molar-refractivity contribution in [1.82, 2.24) is 0 Å². The summed E-state index contributed by atoms with van der Waals surface area (Å²) in [7, 11) is 0. The van der Waals surface area contributed by atoms with Crippen molar-refractivity contribution in [2.24, 2.45) is 0 Å². The van der Waals surface area contributed by atoms with E-state index >= 15 is 0 Å². The van der Waals surface area contributed by atoms with E-state index in [2.05, 4.69) is 43.3 Å². The fourth-order valence-corrected chi connectivity index (χ4v) is 1.18. The van der Waals surface area contributed by atoms with Crippen LogP contribution in [0.1, 0.15) is 33.3 Å². The predicted octanol–water partition coefficient (Wildman–Crippen LogP) is 4.80. The molecule has 2 rings (SSSR count). The van der Waals surface area contributed by atoms with E-state index in [1.165, 1.54) is 10.9 Å². The van der Waals surface area contributed by atoms with Crippen LogP contribution in [0.3, 0.4) is 0 Å². The van der Waals surface area contributed by atoms with Crippen molar-refractivity contribution >= 4 is 10.8 Å². The van der Waals surface area contributed by atoms with Crippen molar-refractivity contribution in [3.63, 3.8) is 0 Å². The van der Waals surface area contributed by atoms with Gasteiger partial charge in [0.05, 0.1) is 0 Å². The molecule has 0 unspecified atom stereocenters. The van der Waals surface area contributed by atoms with Crippen LogP contribution in [-0.4, -0.2) is 0 Å². The minimum atomic E-state index is 1.14. The van der Waals surface area contributed by atoms with Gasteiger partial charge in [0, 0.05) is 5.39 Å². The third-order valence-corrected chi connectivity index (χ3v) is 1.76. The number of aryl methyl sites for hydroxylation is 1. The van der Waals surface area contributed by atoms with Crippen LogP contribution in [-0.2, 0) is 0 Å². The molecule has 0 aromatic heterocycles. The smallest absolute Gasteiger partial charge is 0.0321 e. The molecule has 0 spiro atoms. The van der Waals surface area contributed by atoms with E-state index in [9.17, 15) is 0 Å². The van der Waals surface area contributed by atoms with E-state index in [0.717, 1.165) is 5.39 Å². The highest BCUT2D eigenvalue weighted by Gasteiger charge is 1.88. The summed E-state index contributed by atoms with van der Waals surface area (Å²) < 4.78 is 0. The van der Waals surface area contributed by atoms with Crippen LogP contribution in [0.2, 0.25) is 0 Å². The van der Waals surface area contributed by atoms with Gasteiger partial charge in [-0.3, -0.25) is 0 Å². The third-order valence-electron chi connectivity index (χ3n) is 1.76. The topological polar surface area (TPSA) is 0 Å². The molecule has 2 aromatic rings. The number of hydrogen-bond donors (Lipinski definition) is 0. The van der Waals surface area contributed by atoms with Gasteiger partial charge in [-0.2, -0.15) is 0 Å². The normalized spacial score (nSPS) is 7.80. The van der Waals surface area contributed by atoms with Crippen LogP contribution in [0.15, 0.2) is 30.3 Å². The first-order valence-corrected chi connectivity index (χ1v) is 5.65. The summed E-state index contributed by atoms with van der Waals surface area (Å²) in [4.78, 5) is 0. The summed E-state index contributed by atoms with van der Waals surface area (Å²) in [5.74, 6) is 0. The van der Waals surface area contributed by atoms with Gasteiger partial charge in [-0.1, -0.05) is 57.5 Å². The molecule has 0 saturated carbocycles. The van der Waals surface area contributed by atoms with Crippen LogP contribution in [0.5, 0.6) is 0 Å². The molecule has 0 atom stereocenters. The molecule has 15 heavy (non-hydrogen) atoms. The molecule has 0 aliphatic rings. The van der Waals surface area contributed by atoms with Gasteiger partial charge >= 0.3 is 0 Å². The lowest BCUT2D eigenvalue weighted by Crippen LogP contribution is -1.71. The Bertz CT molecular complexity index is 374. The molecule has 2 aromatic carbocycles. The maximum atomic E-state index is 3.05. The summed E-state index contributed by atoms with van der Waals surface area (Å²) >= 11 is 0. The zero-order valence-corrected chi connectivity index (χ0v) is 10.4. The Morgan fingerprint density at radius 3 is 2.27 bits per heavy atom. The van der Waals surface area contributed by atoms with Crippen molar-refractivity contribution in [3.8, 4) is 0 Å². The molecule has 0 fully saturated rings. The summed E-state index contributed by atoms with van der Waals surface area (Å²) in [5, 5.41) is 2.38. The molecule has 0 aliphatic heterocycles. The van der Waals surface area contributed by atoms with Crippen molar-refractivity contribution in [1.29, 1.82) is 0 Å². The molecule has 0 aliphatic carbocycles. The second-order valence-corrected chi connectivity index (χ2v) is 2.69. The Labute approximate surface area is 93.9 Å². The summed E-state index contributed by atoms with van der Waals surface area (Å²) in [6.45, 7) is 10.1. The molecule has 0 heteroatoms. The Morgan fingerprint density at radius 2 is 1.60 bits per heavy atom. The van der Waals surface area contributed by atoms with Crippen molar-refractivity contribution in [2.75, 3.05) is 0 Å². The minimum absolute atomic E-state index is 1.14. The second-order valence-electron chi connectivity index (χ2n) is 2.69. The quantitative estimate of drug-likeness (QED) is 0.573. The first-order chi connectivity index (χ1) is 7.36. The summed E-state index contributed by atoms with van der Waals surface area (Å²) in [6.07, 6.45) is 0. The highest BCUT2D eigenvalue weighted by atomic mass is 13.9. The standard InChI is InChI=1S/C11H8.2C2H6/c1-9-6-7-10-4-2-3-5-11(10)8-9;2*1-2/h3,5-8H,1H3;2*1-2H3. The Balaban J connectivity index is 0.000000442. The van der Waals surface area contributed by atoms with Crippen LogP contribution < -0.4 is 0 Å². The Morgan fingerprint density at radius 1 is 0.933 bits per heavy atom. The monoisotopic (exact) mass is 200 g/mol. The summed E-state index contributed by atoms with van der Waals surface area (Å²) in [6, 6.07) is 16.2. The average Bonchev–Trinajstić information content (AvgIpc) is 2.34. The molecular weight excluding hydrogens is 180 g/mol. The number of benzene rings is 1. The fraction of sp³-hybridized carbons (Fsp3) is 0.333. The van der Waals surface area contributed by atoms with Crippen LogP contribution in [0.25, 0.3) is 10.8 Å². The molecule has 0 radical (unpaired) electrons. The maximum Gasteiger partial charge on any atom is 0.0321 e.